The molecule has 0 spiro atoms. The van der Waals surface area contributed by atoms with Gasteiger partial charge in [0.15, 0.2) is 0 Å². The fraction of sp³-hybridized carbons (Fsp3) is 0.333. The Morgan fingerprint density at radius 2 is 1.93 bits per heavy atom. The second-order valence-electron chi connectivity index (χ2n) is 7.51. The van der Waals surface area contributed by atoms with E-state index < -0.39 is 28.3 Å². The van der Waals surface area contributed by atoms with Crippen molar-refractivity contribution in [3.63, 3.8) is 0 Å². The summed E-state index contributed by atoms with van der Waals surface area (Å²) in [5, 5.41) is 2.50. The fourth-order valence-corrected chi connectivity index (χ4v) is 4.76. The van der Waals surface area contributed by atoms with Gasteiger partial charge in [-0.15, -0.1) is 0 Å². The summed E-state index contributed by atoms with van der Waals surface area (Å²) in [6, 6.07) is 8.82. The first-order valence-electron chi connectivity index (χ1n) is 9.45. The SMILES string of the molecule is CC(=O)N1c2ccc(S(=O)(=O)N(C)CC(=O)Nc3ccc(C)c(F)c3)cc2C[C@H]1C. The molecule has 160 valence electrons. The number of fused-ring (bicyclic) bond motifs is 1. The zero-order chi connectivity index (χ0) is 22.2. The number of nitrogens with zero attached hydrogens (tertiary/aromatic N) is 2. The molecule has 30 heavy (non-hydrogen) atoms. The molecule has 1 aliphatic rings. The van der Waals surface area contributed by atoms with Crippen LogP contribution >= 0.6 is 0 Å². The highest BCUT2D eigenvalue weighted by atomic mass is 32.2. The van der Waals surface area contributed by atoms with Crippen molar-refractivity contribution in [2.45, 2.75) is 38.1 Å². The molecule has 0 bridgehead atoms. The summed E-state index contributed by atoms with van der Waals surface area (Å²) in [6.45, 7) is 4.56. The summed E-state index contributed by atoms with van der Waals surface area (Å²) in [4.78, 5) is 25.8. The third kappa shape index (κ3) is 4.22. The highest BCUT2D eigenvalue weighted by molar-refractivity contribution is 7.89. The van der Waals surface area contributed by atoms with Crippen LogP contribution in [-0.4, -0.2) is 44.2 Å². The van der Waals surface area contributed by atoms with E-state index in [4.69, 9.17) is 0 Å². The van der Waals surface area contributed by atoms with Crippen LogP contribution in [0.3, 0.4) is 0 Å². The van der Waals surface area contributed by atoms with Crippen molar-refractivity contribution in [3.05, 3.63) is 53.3 Å². The van der Waals surface area contributed by atoms with Crippen molar-refractivity contribution in [1.29, 1.82) is 0 Å². The summed E-state index contributed by atoms with van der Waals surface area (Å²) < 4.78 is 40.4. The molecule has 3 rings (SSSR count). The number of likely N-dealkylation sites (N-methyl/N-ethyl adjacent to an activating group) is 1. The summed E-state index contributed by atoms with van der Waals surface area (Å²) in [5.41, 5.74) is 2.18. The second kappa shape index (κ2) is 8.16. The minimum atomic E-state index is -3.92. The smallest absolute Gasteiger partial charge is 0.243 e. The van der Waals surface area contributed by atoms with Gasteiger partial charge in [0, 0.05) is 31.4 Å². The number of carbonyl (C=O) groups excluding carboxylic acids is 2. The zero-order valence-electron chi connectivity index (χ0n) is 17.3. The normalized spacial score (nSPS) is 15.9. The van der Waals surface area contributed by atoms with Gasteiger partial charge in [-0.25, -0.2) is 12.8 Å². The molecule has 0 aliphatic carbocycles. The topological polar surface area (TPSA) is 86.8 Å². The predicted molar refractivity (Wildman–Crippen MR) is 112 cm³/mol. The number of aryl methyl sites for hydroxylation is 1. The molecule has 7 nitrogen and oxygen atoms in total. The van der Waals surface area contributed by atoms with Crippen molar-refractivity contribution in [3.8, 4) is 0 Å². The largest absolute Gasteiger partial charge is 0.325 e. The van der Waals surface area contributed by atoms with Crippen LogP contribution in [-0.2, 0) is 26.0 Å². The number of anilines is 2. The highest BCUT2D eigenvalue weighted by Gasteiger charge is 2.31. The lowest BCUT2D eigenvalue weighted by Gasteiger charge is -2.21. The zero-order valence-corrected chi connectivity index (χ0v) is 18.1. The lowest BCUT2D eigenvalue weighted by molar-refractivity contribution is -0.117. The Hall–Kier alpha value is -2.78. The van der Waals surface area contributed by atoms with E-state index in [0.717, 1.165) is 9.87 Å². The Bertz CT molecular complexity index is 1120. The number of halogens is 1. The van der Waals surface area contributed by atoms with Gasteiger partial charge < -0.3 is 10.2 Å². The minimum absolute atomic E-state index is 0.0473. The van der Waals surface area contributed by atoms with Crippen LogP contribution in [0, 0.1) is 12.7 Å². The van der Waals surface area contributed by atoms with Gasteiger partial charge in [-0.3, -0.25) is 9.59 Å². The Kier molecular flexibility index (Phi) is 5.96. The van der Waals surface area contributed by atoms with Gasteiger partial charge in [-0.05, 0) is 61.7 Å². The number of nitrogens with one attached hydrogen (secondary N) is 1. The predicted octanol–water partition coefficient (Wildman–Crippen LogP) is 2.69. The molecule has 0 unspecified atom stereocenters. The van der Waals surface area contributed by atoms with E-state index in [9.17, 15) is 22.4 Å². The van der Waals surface area contributed by atoms with Gasteiger partial charge in [0.25, 0.3) is 0 Å². The summed E-state index contributed by atoms with van der Waals surface area (Å²) in [7, 11) is -2.62. The van der Waals surface area contributed by atoms with E-state index in [1.165, 1.54) is 32.2 Å². The molecular formula is C21H24FN3O4S. The third-order valence-electron chi connectivity index (χ3n) is 5.14. The van der Waals surface area contributed by atoms with E-state index in [-0.39, 0.29) is 22.5 Å². The molecule has 0 aromatic heterocycles. The van der Waals surface area contributed by atoms with E-state index in [2.05, 4.69) is 5.32 Å². The number of hydrogen-bond donors (Lipinski definition) is 1. The average Bonchev–Trinajstić information content (AvgIpc) is 2.99. The molecule has 2 aromatic carbocycles. The van der Waals surface area contributed by atoms with Crippen molar-refractivity contribution in [2.24, 2.45) is 0 Å². The van der Waals surface area contributed by atoms with Gasteiger partial charge in [0.05, 0.1) is 11.4 Å². The molecule has 1 atom stereocenters. The maximum atomic E-state index is 13.6. The second-order valence-corrected chi connectivity index (χ2v) is 9.55. The monoisotopic (exact) mass is 433 g/mol. The number of amides is 2. The van der Waals surface area contributed by atoms with E-state index in [1.54, 1.807) is 30.0 Å². The average molecular weight is 434 g/mol. The quantitative estimate of drug-likeness (QED) is 0.786. The van der Waals surface area contributed by atoms with Crippen LogP contribution < -0.4 is 10.2 Å². The highest BCUT2D eigenvalue weighted by Crippen LogP contribution is 2.34. The Morgan fingerprint density at radius 3 is 2.57 bits per heavy atom. The van der Waals surface area contributed by atoms with Gasteiger partial charge in [-0.2, -0.15) is 4.31 Å². The van der Waals surface area contributed by atoms with E-state index in [0.29, 0.717) is 17.7 Å². The first-order valence-corrected chi connectivity index (χ1v) is 10.9. The molecule has 2 amide bonds. The van der Waals surface area contributed by atoms with Crippen LogP contribution in [0.25, 0.3) is 0 Å². The van der Waals surface area contributed by atoms with Gasteiger partial charge in [-0.1, -0.05) is 6.07 Å². The molecule has 9 heteroatoms. The number of hydrogen-bond acceptors (Lipinski definition) is 4. The maximum absolute atomic E-state index is 13.6. The Labute approximate surface area is 175 Å². The van der Waals surface area contributed by atoms with Crippen LogP contribution in [0.4, 0.5) is 15.8 Å². The number of carbonyl (C=O) groups is 2. The van der Waals surface area contributed by atoms with Crippen LogP contribution in [0.2, 0.25) is 0 Å². The first kappa shape index (κ1) is 21.9. The number of benzene rings is 2. The molecule has 0 fully saturated rings. The summed E-state index contributed by atoms with van der Waals surface area (Å²) >= 11 is 0. The molecular weight excluding hydrogens is 409 g/mol. The number of sulfonamides is 1. The lowest BCUT2D eigenvalue weighted by Crippen LogP contribution is -2.35. The molecule has 0 saturated carbocycles. The van der Waals surface area contributed by atoms with Crippen LogP contribution in [0.15, 0.2) is 41.3 Å². The van der Waals surface area contributed by atoms with Crippen LogP contribution in [0.1, 0.15) is 25.0 Å². The summed E-state index contributed by atoms with van der Waals surface area (Å²) in [5.74, 6) is -1.14. The van der Waals surface area contributed by atoms with Crippen molar-refractivity contribution >= 4 is 33.2 Å². The number of rotatable bonds is 5. The van der Waals surface area contributed by atoms with Gasteiger partial charge in [0.1, 0.15) is 5.82 Å². The molecule has 2 aromatic rings. The first-order chi connectivity index (χ1) is 14.0. The molecule has 0 saturated heterocycles. The Balaban J connectivity index is 1.75. The van der Waals surface area contributed by atoms with Crippen molar-refractivity contribution < 1.29 is 22.4 Å². The van der Waals surface area contributed by atoms with Crippen molar-refractivity contribution in [2.75, 3.05) is 23.8 Å². The standard InChI is InChI=1S/C21H24FN3O4S/c1-13-5-6-17(11-19(13)22)23-21(27)12-24(4)30(28,29)18-7-8-20-16(10-18)9-14(2)25(20)15(3)26/h5-8,10-11,14H,9,12H2,1-4H3,(H,23,27)/t14-/m1/s1. The van der Waals surface area contributed by atoms with Crippen LogP contribution in [0.5, 0.6) is 0 Å². The van der Waals surface area contributed by atoms with Gasteiger partial charge in [0.2, 0.25) is 21.8 Å². The maximum Gasteiger partial charge on any atom is 0.243 e. The van der Waals surface area contributed by atoms with Gasteiger partial charge >= 0.3 is 0 Å². The minimum Gasteiger partial charge on any atom is -0.325 e. The van der Waals surface area contributed by atoms with Crippen molar-refractivity contribution in [1.82, 2.24) is 4.31 Å². The molecule has 1 aliphatic heterocycles. The van der Waals surface area contributed by atoms with E-state index >= 15 is 0 Å². The fourth-order valence-electron chi connectivity index (χ4n) is 3.59. The summed E-state index contributed by atoms with van der Waals surface area (Å²) in [6.07, 6.45) is 0.557. The Morgan fingerprint density at radius 1 is 1.23 bits per heavy atom. The molecule has 1 N–H and O–H groups in total. The third-order valence-corrected chi connectivity index (χ3v) is 6.94. The lowest BCUT2D eigenvalue weighted by atomic mass is 10.1. The van der Waals surface area contributed by atoms with E-state index in [1.807, 2.05) is 6.92 Å². The molecule has 1 heterocycles. The molecule has 0 radical (unpaired) electrons.